The number of halogens is 2. The summed E-state index contributed by atoms with van der Waals surface area (Å²) in [4.78, 5) is 11.7. The fraction of sp³-hybridized carbons (Fsp3) is 0.133. The van der Waals surface area contributed by atoms with Gasteiger partial charge in [-0.25, -0.2) is 8.78 Å². The van der Waals surface area contributed by atoms with Crippen LogP contribution in [0.1, 0.15) is 11.5 Å². The molecule has 5 heteroatoms. The molecule has 0 aliphatic carbocycles. The summed E-state index contributed by atoms with van der Waals surface area (Å²) in [6.07, 6.45) is 0. The standard InChI is InChI=1S/C15H12F2O2S/c16-11-7-5-10(6-8-11)12(15(18)19)9-20-14-4-2-1-3-13(14)17/h1-8,12H,9H2,(H,18,19). The maximum Gasteiger partial charge on any atom is 0.311 e. The van der Waals surface area contributed by atoms with E-state index in [-0.39, 0.29) is 11.6 Å². The lowest BCUT2D eigenvalue weighted by Gasteiger charge is -2.12. The fourth-order valence-electron chi connectivity index (χ4n) is 1.74. The SMILES string of the molecule is O=C(O)C(CSc1ccccc1F)c1ccc(F)cc1. The third kappa shape index (κ3) is 3.57. The molecule has 0 spiro atoms. The van der Waals surface area contributed by atoms with E-state index >= 15 is 0 Å². The van der Waals surface area contributed by atoms with Gasteiger partial charge in [0.2, 0.25) is 0 Å². The molecule has 104 valence electrons. The Balaban J connectivity index is 2.13. The molecular formula is C15H12F2O2S. The van der Waals surface area contributed by atoms with Crippen molar-refractivity contribution in [3.05, 3.63) is 65.7 Å². The number of carboxylic acid groups (broad SMARTS) is 1. The topological polar surface area (TPSA) is 37.3 Å². The highest BCUT2D eigenvalue weighted by Crippen LogP contribution is 2.28. The van der Waals surface area contributed by atoms with Crippen molar-refractivity contribution in [1.82, 2.24) is 0 Å². The van der Waals surface area contributed by atoms with Crippen molar-refractivity contribution >= 4 is 17.7 Å². The number of aliphatic carboxylic acids is 1. The zero-order valence-corrected chi connectivity index (χ0v) is 11.2. The van der Waals surface area contributed by atoms with Gasteiger partial charge in [0, 0.05) is 10.6 Å². The Labute approximate surface area is 119 Å². The molecule has 2 rings (SSSR count). The molecule has 0 fully saturated rings. The van der Waals surface area contributed by atoms with Crippen molar-refractivity contribution in [2.24, 2.45) is 0 Å². The second-order valence-electron chi connectivity index (χ2n) is 4.18. The Hall–Kier alpha value is -1.88. The first-order valence-corrected chi connectivity index (χ1v) is 6.92. The van der Waals surface area contributed by atoms with Crippen LogP contribution in [0, 0.1) is 11.6 Å². The van der Waals surface area contributed by atoms with Crippen LogP contribution in [0.4, 0.5) is 8.78 Å². The smallest absolute Gasteiger partial charge is 0.311 e. The monoisotopic (exact) mass is 294 g/mol. The van der Waals surface area contributed by atoms with Gasteiger partial charge >= 0.3 is 5.97 Å². The summed E-state index contributed by atoms with van der Waals surface area (Å²) in [5.41, 5.74) is 0.503. The summed E-state index contributed by atoms with van der Waals surface area (Å²) in [5, 5.41) is 9.24. The van der Waals surface area contributed by atoms with E-state index in [1.807, 2.05) is 0 Å². The third-order valence-corrected chi connectivity index (χ3v) is 3.95. The molecule has 0 aromatic heterocycles. The van der Waals surface area contributed by atoms with Crippen LogP contribution >= 0.6 is 11.8 Å². The fourth-order valence-corrected chi connectivity index (χ4v) is 2.80. The highest BCUT2D eigenvalue weighted by molar-refractivity contribution is 7.99. The molecular weight excluding hydrogens is 282 g/mol. The van der Waals surface area contributed by atoms with E-state index in [9.17, 15) is 18.7 Å². The van der Waals surface area contributed by atoms with E-state index in [2.05, 4.69) is 0 Å². The van der Waals surface area contributed by atoms with Gasteiger partial charge in [0.1, 0.15) is 11.6 Å². The normalized spacial score (nSPS) is 12.1. The molecule has 0 saturated heterocycles. The van der Waals surface area contributed by atoms with Crippen molar-refractivity contribution in [2.45, 2.75) is 10.8 Å². The predicted molar refractivity (Wildman–Crippen MR) is 73.9 cm³/mol. The highest BCUT2D eigenvalue weighted by Gasteiger charge is 2.20. The maximum atomic E-state index is 13.5. The molecule has 0 aliphatic rings. The summed E-state index contributed by atoms with van der Waals surface area (Å²) in [5.74, 6) is -2.43. The second kappa shape index (κ2) is 6.52. The summed E-state index contributed by atoms with van der Waals surface area (Å²) < 4.78 is 26.3. The number of carboxylic acids is 1. The van der Waals surface area contributed by atoms with Crippen LogP contribution in [0.25, 0.3) is 0 Å². The molecule has 0 amide bonds. The van der Waals surface area contributed by atoms with Crippen molar-refractivity contribution in [3.8, 4) is 0 Å². The van der Waals surface area contributed by atoms with Crippen LogP contribution in [0.5, 0.6) is 0 Å². The van der Waals surface area contributed by atoms with Crippen molar-refractivity contribution in [1.29, 1.82) is 0 Å². The van der Waals surface area contributed by atoms with E-state index < -0.39 is 17.7 Å². The minimum atomic E-state index is -1.01. The minimum Gasteiger partial charge on any atom is -0.481 e. The van der Waals surface area contributed by atoms with Crippen LogP contribution in [-0.4, -0.2) is 16.8 Å². The zero-order valence-electron chi connectivity index (χ0n) is 10.4. The molecule has 2 nitrogen and oxygen atoms in total. The summed E-state index contributed by atoms with van der Waals surface area (Å²) in [6.45, 7) is 0. The van der Waals surface area contributed by atoms with E-state index in [4.69, 9.17) is 0 Å². The summed E-state index contributed by atoms with van der Waals surface area (Å²) in [7, 11) is 0. The summed E-state index contributed by atoms with van der Waals surface area (Å²) >= 11 is 1.13. The highest BCUT2D eigenvalue weighted by atomic mass is 32.2. The molecule has 20 heavy (non-hydrogen) atoms. The molecule has 1 N–H and O–H groups in total. The van der Waals surface area contributed by atoms with E-state index in [1.165, 1.54) is 30.3 Å². The first-order valence-electron chi connectivity index (χ1n) is 5.93. The second-order valence-corrected chi connectivity index (χ2v) is 5.25. The van der Waals surface area contributed by atoms with Crippen LogP contribution in [0.3, 0.4) is 0 Å². The number of benzene rings is 2. The Morgan fingerprint density at radius 2 is 1.75 bits per heavy atom. The lowest BCUT2D eigenvalue weighted by molar-refractivity contribution is -0.138. The number of hydrogen-bond donors (Lipinski definition) is 1. The number of rotatable bonds is 5. The van der Waals surface area contributed by atoms with Gasteiger partial charge in [0.05, 0.1) is 5.92 Å². The average molecular weight is 294 g/mol. The van der Waals surface area contributed by atoms with Gasteiger partial charge in [-0.3, -0.25) is 4.79 Å². The van der Waals surface area contributed by atoms with Crippen LogP contribution in [-0.2, 0) is 4.79 Å². The van der Waals surface area contributed by atoms with Crippen LogP contribution in [0.15, 0.2) is 53.4 Å². The van der Waals surface area contributed by atoms with Gasteiger partial charge in [-0.1, -0.05) is 24.3 Å². The number of carbonyl (C=O) groups is 1. The number of thioether (sulfide) groups is 1. The Bertz CT molecular complexity index is 599. The largest absolute Gasteiger partial charge is 0.481 e. The molecule has 1 atom stereocenters. The summed E-state index contributed by atoms with van der Waals surface area (Å²) in [6, 6.07) is 11.5. The van der Waals surface area contributed by atoms with Gasteiger partial charge in [-0.2, -0.15) is 0 Å². The minimum absolute atomic E-state index is 0.182. The van der Waals surface area contributed by atoms with Gasteiger partial charge in [-0.15, -0.1) is 11.8 Å². The Kier molecular flexibility index (Phi) is 4.74. The Morgan fingerprint density at radius 3 is 2.35 bits per heavy atom. The molecule has 1 unspecified atom stereocenters. The molecule has 2 aromatic carbocycles. The van der Waals surface area contributed by atoms with Crippen molar-refractivity contribution in [2.75, 3.05) is 5.75 Å². The van der Waals surface area contributed by atoms with Crippen LogP contribution < -0.4 is 0 Å². The van der Waals surface area contributed by atoms with E-state index in [0.717, 1.165) is 11.8 Å². The van der Waals surface area contributed by atoms with E-state index in [1.54, 1.807) is 18.2 Å². The first kappa shape index (κ1) is 14.5. The van der Waals surface area contributed by atoms with Gasteiger partial charge in [-0.05, 0) is 29.8 Å². The molecule has 0 aliphatic heterocycles. The molecule has 2 aromatic rings. The first-order chi connectivity index (χ1) is 9.58. The van der Waals surface area contributed by atoms with Crippen molar-refractivity contribution in [3.63, 3.8) is 0 Å². The molecule has 0 radical (unpaired) electrons. The molecule has 0 heterocycles. The average Bonchev–Trinajstić information content (AvgIpc) is 2.42. The van der Waals surface area contributed by atoms with Gasteiger partial charge in [0.25, 0.3) is 0 Å². The lowest BCUT2D eigenvalue weighted by Crippen LogP contribution is -2.14. The predicted octanol–water partition coefficient (Wildman–Crippen LogP) is 3.93. The van der Waals surface area contributed by atoms with Crippen LogP contribution in [0.2, 0.25) is 0 Å². The third-order valence-electron chi connectivity index (χ3n) is 2.81. The lowest BCUT2D eigenvalue weighted by atomic mass is 10.0. The van der Waals surface area contributed by atoms with Gasteiger partial charge in [0.15, 0.2) is 0 Å². The van der Waals surface area contributed by atoms with Gasteiger partial charge < -0.3 is 5.11 Å². The van der Waals surface area contributed by atoms with Crippen molar-refractivity contribution < 1.29 is 18.7 Å². The quantitative estimate of drug-likeness (QED) is 0.849. The maximum absolute atomic E-state index is 13.5. The molecule has 0 bridgehead atoms. The number of hydrogen-bond acceptors (Lipinski definition) is 2. The Morgan fingerprint density at radius 1 is 1.10 bits per heavy atom. The van der Waals surface area contributed by atoms with E-state index in [0.29, 0.717) is 10.5 Å². The molecule has 0 saturated carbocycles. The zero-order chi connectivity index (χ0) is 14.5.